The van der Waals surface area contributed by atoms with Crippen LogP contribution in [-0.4, -0.2) is 39.1 Å². The van der Waals surface area contributed by atoms with E-state index in [1.54, 1.807) is 0 Å². The van der Waals surface area contributed by atoms with Crippen LogP contribution in [-0.2, 0) is 18.9 Å². The van der Waals surface area contributed by atoms with E-state index in [2.05, 4.69) is 11.7 Å². The van der Waals surface area contributed by atoms with E-state index in [-0.39, 0.29) is 24.7 Å². The van der Waals surface area contributed by atoms with E-state index >= 15 is 0 Å². The van der Waals surface area contributed by atoms with Crippen LogP contribution in [0, 0.1) is 17.7 Å². The largest absolute Gasteiger partial charge is 0.573 e. The number of unbranched alkanes of at least 4 members (excludes halogenated alkanes) is 2. The van der Waals surface area contributed by atoms with E-state index in [1.165, 1.54) is 25.3 Å². The van der Waals surface area contributed by atoms with E-state index in [4.69, 9.17) is 18.9 Å². The topological polar surface area (TPSA) is 46.2 Å². The summed E-state index contributed by atoms with van der Waals surface area (Å²) in [4.78, 5) is 0. The summed E-state index contributed by atoms with van der Waals surface area (Å²) >= 11 is 0. The first-order valence-corrected chi connectivity index (χ1v) is 9.87. The molecule has 0 radical (unpaired) electrons. The molecule has 29 heavy (non-hydrogen) atoms. The third-order valence-corrected chi connectivity index (χ3v) is 4.97. The second-order valence-electron chi connectivity index (χ2n) is 7.39. The zero-order valence-electron chi connectivity index (χ0n) is 16.3. The maximum Gasteiger partial charge on any atom is 0.573 e. The average Bonchev–Trinajstić information content (AvgIpc) is 2.69. The lowest BCUT2D eigenvalue weighted by atomic mass is 10.0. The summed E-state index contributed by atoms with van der Waals surface area (Å²) in [6, 6.07) is 3.10. The van der Waals surface area contributed by atoms with Gasteiger partial charge in [-0.2, -0.15) is 0 Å². The summed E-state index contributed by atoms with van der Waals surface area (Å²) in [6.45, 7) is 4.00. The van der Waals surface area contributed by atoms with Crippen molar-refractivity contribution in [1.82, 2.24) is 0 Å². The zero-order valence-corrected chi connectivity index (χ0v) is 16.3. The fourth-order valence-electron chi connectivity index (χ4n) is 3.42. The first-order chi connectivity index (χ1) is 13.9. The second-order valence-corrected chi connectivity index (χ2v) is 7.39. The van der Waals surface area contributed by atoms with Crippen molar-refractivity contribution in [3.63, 3.8) is 0 Å². The molecule has 2 aliphatic heterocycles. The molecule has 0 N–H and O–H groups in total. The Hall–Kier alpha value is -1.42. The predicted octanol–water partition coefficient (Wildman–Crippen LogP) is 4.96. The molecule has 3 rings (SSSR count). The van der Waals surface area contributed by atoms with Gasteiger partial charge in [-0.25, -0.2) is 4.39 Å². The van der Waals surface area contributed by atoms with Crippen molar-refractivity contribution in [1.29, 1.82) is 0 Å². The molecule has 2 heterocycles. The molecular formula is C20H26F4O5. The Morgan fingerprint density at radius 3 is 2.28 bits per heavy atom. The van der Waals surface area contributed by atoms with Crippen LogP contribution >= 0.6 is 0 Å². The highest BCUT2D eigenvalue weighted by Gasteiger charge is 2.35. The van der Waals surface area contributed by atoms with Crippen molar-refractivity contribution in [2.24, 2.45) is 11.8 Å². The van der Waals surface area contributed by atoms with E-state index in [0.717, 1.165) is 18.6 Å². The number of alkyl halides is 3. The fraction of sp³-hybridized carbons (Fsp3) is 0.700. The van der Waals surface area contributed by atoms with Gasteiger partial charge in [0.15, 0.2) is 24.1 Å². The minimum absolute atomic E-state index is 0.125. The molecule has 1 aromatic rings. The van der Waals surface area contributed by atoms with Crippen molar-refractivity contribution in [2.75, 3.05) is 26.4 Å². The number of hydrogen-bond donors (Lipinski definition) is 0. The lowest BCUT2D eigenvalue weighted by Crippen LogP contribution is -2.43. The Morgan fingerprint density at radius 2 is 1.69 bits per heavy atom. The molecule has 164 valence electrons. The fourth-order valence-corrected chi connectivity index (χ4v) is 3.42. The Morgan fingerprint density at radius 1 is 1.00 bits per heavy atom. The second kappa shape index (κ2) is 10.1. The van der Waals surface area contributed by atoms with Crippen LogP contribution < -0.4 is 4.74 Å². The Bertz CT molecular complexity index is 638. The van der Waals surface area contributed by atoms with Crippen LogP contribution in [0.5, 0.6) is 5.75 Å². The molecule has 9 heteroatoms. The van der Waals surface area contributed by atoms with Gasteiger partial charge in [-0.3, -0.25) is 0 Å². The van der Waals surface area contributed by atoms with Crippen molar-refractivity contribution in [3.05, 3.63) is 29.6 Å². The summed E-state index contributed by atoms with van der Waals surface area (Å²) < 4.78 is 77.1. The first-order valence-electron chi connectivity index (χ1n) is 9.87. The maximum atomic E-state index is 13.9. The molecule has 0 atom stereocenters. The van der Waals surface area contributed by atoms with Gasteiger partial charge in [-0.15, -0.1) is 13.2 Å². The zero-order chi connectivity index (χ0) is 20.9. The summed E-state index contributed by atoms with van der Waals surface area (Å²) in [7, 11) is 0. The Labute approximate surface area is 167 Å². The third-order valence-electron chi connectivity index (χ3n) is 4.97. The minimum atomic E-state index is -4.96. The van der Waals surface area contributed by atoms with Crippen LogP contribution in [0.3, 0.4) is 0 Å². The molecule has 0 spiro atoms. The van der Waals surface area contributed by atoms with Crippen LogP contribution in [0.1, 0.15) is 44.5 Å². The van der Waals surface area contributed by atoms with Crippen molar-refractivity contribution < 1.29 is 41.2 Å². The van der Waals surface area contributed by atoms with Crippen LogP contribution in [0.4, 0.5) is 17.6 Å². The van der Waals surface area contributed by atoms with Gasteiger partial charge in [0.2, 0.25) is 0 Å². The van der Waals surface area contributed by atoms with Crippen LogP contribution in [0.2, 0.25) is 0 Å². The Balaban J connectivity index is 1.45. The standard InChI is InChI=1S/C20H26F4O5/c1-2-3-4-5-13-9-25-19(26-10-13)15-11-27-18(28-12-15)14-6-7-17(16(21)8-14)29-20(22,23)24/h6-8,13,15,18-19H,2-5,9-12H2,1H3. The van der Waals surface area contributed by atoms with Gasteiger partial charge in [-0.1, -0.05) is 32.3 Å². The molecule has 2 saturated heterocycles. The molecule has 0 amide bonds. The lowest BCUT2D eigenvalue weighted by Gasteiger charge is -2.37. The highest BCUT2D eigenvalue weighted by atomic mass is 19.4. The van der Waals surface area contributed by atoms with Gasteiger partial charge in [0.05, 0.1) is 32.3 Å². The van der Waals surface area contributed by atoms with Gasteiger partial charge in [0.1, 0.15) is 0 Å². The molecule has 1 aromatic carbocycles. The van der Waals surface area contributed by atoms with E-state index in [1.807, 2.05) is 0 Å². The first kappa shape index (κ1) is 22.3. The van der Waals surface area contributed by atoms with Crippen LogP contribution in [0.25, 0.3) is 0 Å². The molecule has 5 nitrogen and oxygen atoms in total. The van der Waals surface area contributed by atoms with Crippen molar-refractivity contribution in [3.8, 4) is 5.75 Å². The van der Waals surface area contributed by atoms with E-state index in [9.17, 15) is 17.6 Å². The van der Waals surface area contributed by atoms with E-state index < -0.39 is 30.5 Å². The predicted molar refractivity (Wildman–Crippen MR) is 94.5 cm³/mol. The quantitative estimate of drug-likeness (QED) is 0.459. The minimum Gasteiger partial charge on any atom is -0.403 e. The molecule has 2 aliphatic rings. The van der Waals surface area contributed by atoms with Gasteiger partial charge in [0.25, 0.3) is 0 Å². The molecule has 0 aromatic heterocycles. The number of rotatable bonds is 7. The van der Waals surface area contributed by atoms with Crippen molar-refractivity contribution in [2.45, 2.75) is 51.5 Å². The smallest absolute Gasteiger partial charge is 0.403 e. The SMILES string of the molecule is CCCCCC1COC(C2COC(c3ccc(OC(F)(F)F)c(F)c3)OC2)OC1. The summed E-state index contributed by atoms with van der Waals surface area (Å²) in [5, 5.41) is 0. The molecular weight excluding hydrogens is 396 g/mol. The van der Waals surface area contributed by atoms with E-state index in [0.29, 0.717) is 19.1 Å². The van der Waals surface area contributed by atoms with Gasteiger partial charge in [0, 0.05) is 11.5 Å². The van der Waals surface area contributed by atoms with Crippen LogP contribution in [0.15, 0.2) is 18.2 Å². The molecule has 0 aliphatic carbocycles. The van der Waals surface area contributed by atoms with Gasteiger partial charge >= 0.3 is 6.36 Å². The number of benzene rings is 1. The maximum absolute atomic E-state index is 13.9. The highest BCUT2D eigenvalue weighted by Crippen LogP contribution is 2.32. The number of hydrogen-bond acceptors (Lipinski definition) is 5. The number of ether oxygens (including phenoxy) is 5. The average molecular weight is 422 g/mol. The molecule has 2 fully saturated rings. The molecule has 0 saturated carbocycles. The summed E-state index contributed by atoms with van der Waals surface area (Å²) in [6.07, 6.45) is -1.61. The monoisotopic (exact) mass is 422 g/mol. The van der Waals surface area contributed by atoms with Crippen molar-refractivity contribution >= 4 is 0 Å². The Kier molecular flexibility index (Phi) is 7.72. The highest BCUT2D eigenvalue weighted by molar-refractivity contribution is 5.30. The molecule has 0 unspecified atom stereocenters. The summed E-state index contributed by atoms with van der Waals surface area (Å²) in [5.74, 6) is -1.76. The number of halogens is 4. The van der Waals surface area contributed by atoms with Gasteiger partial charge < -0.3 is 23.7 Å². The molecule has 0 bridgehead atoms. The normalized spacial score (nSPS) is 28.3. The van der Waals surface area contributed by atoms with Gasteiger partial charge in [-0.05, 0) is 18.6 Å². The third kappa shape index (κ3) is 6.53. The summed E-state index contributed by atoms with van der Waals surface area (Å²) in [5.41, 5.74) is 0.275. The lowest BCUT2D eigenvalue weighted by molar-refractivity contribution is -0.283.